The Morgan fingerprint density at radius 1 is 1.33 bits per heavy atom. The maximum atomic E-state index is 4.97. The molecule has 12 heavy (non-hydrogen) atoms. The van der Waals surface area contributed by atoms with Crippen LogP contribution < -0.4 is 5.90 Å². The van der Waals surface area contributed by atoms with Crippen LogP contribution >= 0.6 is 12.4 Å². The van der Waals surface area contributed by atoms with Crippen LogP contribution in [0.3, 0.4) is 0 Å². The predicted molar refractivity (Wildman–Crippen MR) is 52.1 cm³/mol. The van der Waals surface area contributed by atoms with Gasteiger partial charge >= 0.3 is 0 Å². The predicted octanol–water partition coefficient (Wildman–Crippen LogP) is 2.12. The molecule has 0 saturated heterocycles. The van der Waals surface area contributed by atoms with Crippen molar-refractivity contribution >= 4 is 12.4 Å². The molecule has 2 N–H and O–H groups in total. The van der Waals surface area contributed by atoms with Gasteiger partial charge in [0, 0.05) is 0 Å². The third-order valence-electron chi connectivity index (χ3n) is 1.74. The van der Waals surface area contributed by atoms with Crippen LogP contribution in [-0.2, 0) is 11.4 Å². The highest BCUT2D eigenvalue weighted by molar-refractivity contribution is 5.85. The third-order valence-corrected chi connectivity index (χ3v) is 1.74. The topological polar surface area (TPSA) is 35.2 Å². The first kappa shape index (κ1) is 11.4. The van der Waals surface area contributed by atoms with Crippen molar-refractivity contribution in [3.05, 3.63) is 34.9 Å². The molecule has 0 aliphatic heterocycles. The Labute approximate surface area is 79.1 Å². The van der Waals surface area contributed by atoms with Gasteiger partial charge in [0.25, 0.3) is 0 Å². The molecule has 2 nitrogen and oxygen atoms in total. The first-order chi connectivity index (χ1) is 5.24. The van der Waals surface area contributed by atoms with Gasteiger partial charge in [0.05, 0.1) is 6.61 Å². The van der Waals surface area contributed by atoms with Gasteiger partial charge < -0.3 is 0 Å². The molecule has 0 aliphatic rings. The summed E-state index contributed by atoms with van der Waals surface area (Å²) in [5.41, 5.74) is 3.65. The zero-order valence-electron chi connectivity index (χ0n) is 7.33. The van der Waals surface area contributed by atoms with Gasteiger partial charge in [0.15, 0.2) is 0 Å². The minimum atomic E-state index is 0. The van der Waals surface area contributed by atoms with Gasteiger partial charge in [-0.15, -0.1) is 12.4 Å². The van der Waals surface area contributed by atoms with Crippen LogP contribution in [0.4, 0.5) is 0 Å². The fourth-order valence-corrected chi connectivity index (χ4v) is 1.10. The Morgan fingerprint density at radius 2 is 2.00 bits per heavy atom. The maximum absolute atomic E-state index is 4.97. The molecule has 1 aromatic carbocycles. The van der Waals surface area contributed by atoms with Crippen LogP contribution in [-0.4, -0.2) is 0 Å². The van der Waals surface area contributed by atoms with Crippen molar-refractivity contribution in [3.63, 3.8) is 0 Å². The van der Waals surface area contributed by atoms with Crippen molar-refractivity contribution in [2.75, 3.05) is 0 Å². The number of hydrogen-bond acceptors (Lipinski definition) is 2. The second kappa shape index (κ2) is 5.14. The summed E-state index contributed by atoms with van der Waals surface area (Å²) < 4.78 is 0. The molecule has 3 heteroatoms. The largest absolute Gasteiger partial charge is 0.300 e. The summed E-state index contributed by atoms with van der Waals surface area (Å²) in [5.74, 6) is 4.97. The monoisotopic (exact) mass is 187 g/mol. The Kier molecular flexibility index (Phi) is 4.90. The molecule has 0 atom stereocenters. The minimum absolute atomic E-state index is 0. The molecule has 0 spiro atoms. The van der Waals surface area contributed by atoms with Gasteiger partial charge in [0.2, 0.25) is 0 Å². The molecular formula is C9H14ClNO. The summed E-state index contributed by atoms with van der Waals surface area (Å²) in [4.78, 5) is 4.55. The summed E-state index contributed by atoms with van der Waals surface area (Å²) in [6, 6.07) is 6.22. The van der Waals surface area contributed by atoms with Crippen molar-refractivity contribution in [1.29, 1.82) is 0 Å². The summed E-state index contributed by atoms with van der Waals surface area (Å²) in [7, 11) is 0. The molecule has 0 aliphatic carbocycles. The lowest BCUT2D eigenvalue weighted by molar-refractivity contribution is 0.123. The van der Waals surface area contributed by atoms with Crippen molar-refractivity contribution < 1.29 is 4.84 Å². The van der Waals surface area contributed by atoms with Gasteiger partial charge in [-0.25, -0.2) is 5.90 Å². The fourth-order valence-electron chi connectivity index (χ4n) is 1.10. The summed E-state index contributed by atoms with van der Waals surface area (Å²) >= 11 is 0. The zero-order chi connectivity index (χ0) is 8.27. The number of aryl methyl sites for hydroxylation is 2. The van der Waals surface area contributed by atoms with Crippen LogP contribution in [0.25, 0.3) is 0 Å². The molecule has 0 amide bonds. The molecule has 0 saturated carbocycles. The van der Waals surface area contributed by atoms with Crippen LogP contribution in [0.5, 0.6) is 0 Å². The van der Waals surface area contributed by atoms with E-state index in [1.54, 1.807) is 0 Å². The molecule has 0 bridgehead atoms. The average Bonchev–Trinajstić information content (AvgIpc) is 1.95. The Hall–Kier alpha value is -0.570. The molecule has 68 valence electrons. The summed E-state index contributed by atoms with van der Waals surface area (Å²) in [6.45, 7) is 4.62. The third kappa shape index (κ3) is 2.81. The number of halogens is 1. The Morgan fingerprint density at radius 3 is 2.50 bits per heavy atom. The molecular weight excluding hydrogens is 174 g/mol. The van der Waals surface area contributed by atoms with E-state index in [-0.39, 0.29) is 12.4 Å². The van der Waals surface area contributed by atoms with Gasteiger partial charge in [0.1, 0.15) is 0 Å². The zero-order valence-corrected chi connectivity index (χ0v) is 8.15. The summed E-state index contributed by atoms with van der Waals surface area (Å²) in [6.07, 6.45) is 0. The van der Waals surface area contributed by atoms with E-state index in [2.05, 4.69) is 30.8 Å². The minimum Gasteiger partial charge on any atom is -0.300 e. The SMILES string of the molecule is Cc1ccc(CON)c(C)c1.Cl. The van der Waals surface area contributed by atoms with Gasteiger partial charge in [-0.1, -0.05) is 23.8 Å². The van der Waals surface area contributed by atoms with E-state index in [0.717, 1.165) is 5.56 Å². The van der Waals surface area contributed by atoms with E-state index in [1.165, 1.54) is 11.1 Å². The lowest BCUT2D eigenvalue weighted by Gasteiger charge is -2.03. The maximum Gasteiger partial charge on any atom is 0.0932 e. The number of nitrogens with two attached hydrogens (primary N) is 1. The normalized spacial score (nSPS) is 9.25. The van der Waals surface area contributed by atoms with E-state index in [0.29, 0.717) is 6.61 Å². The summed E-state index contributed by atoms with van der Waals surface area (Å²) in [5, 5.41) is 0. The van der Waals surface area contributed by atoms with E-state index < -0.39 is 0 Å². The van der Waals surface area contributed by atoms with Crippen molar-refractivity contribution in [3.8, 4) is 0 Å². The number of benzene rings is 1. The van der Waals surface area contributed by atoms with E-state index in [9.17, 15) is 0 Å². The fraction of sp³-hybridized carbons (Fsp3) is 0.333. The molecule has 0 unspecified atom stereocenters. The Balaban J connectivity index is 0.00000121. The molecule has 0 heterocycles. The van der Waals surface area contributed by atoms with Crippen molar-refractivity contribution in [1.82, 2.24) is 0 Å². The second-order valence-electron chi connectivity index (χ2n) is 2.74. The van der Waals surface area contributed by atoms with Gasteiger partial charge in [-0.05, 0) is 25.0 Å². The standard InChI is InChI=1S/C9H13NO.ClH/c1-7-3-4-9(6-11-10)8(2)5-7;/h3-5H,6,10H2,1-2H3;1H. The average molecular weight is 188 g/mol. The first-order valence-electron chi connectivity index (χ1n) is 3.62. The van der Waals surface area contributed by atoms with Crippen LogP contribution in [0.15, 0.2) is 18.2 Å². The number of hydrogen-bond donors (Lipinski definition) is 1. The highest BCUT2D eigenvalue weighted by Crippen LogP contribution is 2.10. The van der Waals surface area contributed by atoms with Crippen LogP contribution in [0.2, 0.25) is 0 Å². The number of rotatable bonds is 2. The molecule has 1 aromatic rings. The van der Waals surface area contributed by atoms with Crippen molar-refractivity contribution in [2.45, 2.75) is 20.5 Å². The molecule has 1 rings (SSSR count). The second-order valence-corrected chi connectivity index (χ2v) is 2.74. The highest BCUT2D eigenvalue weighted by atomic mass is 35.5. The van der Waals surface area contributed by atoms with Crippen LogP contribution in [0.1, 0.15) is 16.7 Å². The molecule has 0 aromatic heterocycles. The molecule has 0 radical (unpaired) electrons. The Bertz CT molecular complexity index is 250. The lowest BCUT2D eigenvalue weighted by atomic mass is 10.1. The van der Waals surface area contributed by atoms with Crippen molar-refractivity contribution in [2.24, 2.45) is 5.90 Å². The highest BCUT2D eigenvalue weighted by Gasteiger charge is 1.96. The smallest absolute Gasteiger partial charge is 0.0932 e. The van der Waals surface area contributed by atoms with E-state index in [1.807, 2.05) is 6.07 Å². The van der Waals surface area contributed by atoms with E-state index >= 15 is 0 Å². The molecule has 0 fully saturated rings. The first-order valence-corrected chi connectivity index (χ1v) is 3.62. The van der Waals surface area contributed by atoms with E-state index in [4.69, 9.17) is 5.90 Å². The van der Waals surface area contributed by atoms with Crippen LogP contribution in [0, 0.1) is 13.8 Å². The van der Waals surface area contributed by atoms with Gasteiger partial charge in [-0.3, -0.25) is 4.84 Å². The van der Waals surface area contributed by atoms with Gasteiger partial charge in [-0.2, -0.15) is 0 Å². The lowest BCUT2D eigenvalue weighted by Crippen LogP contribution is -2.00. The quantitative estimate of drug-likeness (QED) is 0.720.